The number of phosphoric acid groups is 3. The van der Waals surface area contributed by atoms with Crippen molar-refractivity contribution in [2.45, 2.75) is 64.0 Å². The maximum atomic E-state index is 12.7. The first-order valence-corrected chi connectivity index (χ1v) is 19.5. The van der Waals surface area contributed by atoms with Crippen molar-refractivity contribution in [3.8, 4) is 11.8 Å². The van der Waals surface area contributed by atoms with Crippen LogP contribution >= 0.6 is 23.5 Å². The number of nitrogen functional groups attached to an aromatic ring is 1. The number of halogens is 3. The number of phosphoric ester groups is 1. The van der Waals surface area contributed by atoms with E-state index in [4.69, 9.17) is 25.0 Å². The Balaban J connectivity index is 1.77. The van der Waals surface area contributed by atoms with Gasteiger partial charge in [0.2, 0.25) is 0 Å². The second-order valence-electron chi connectivity index (χ2n) is 11.6. The Morgan fingerprint density at radius 3 is 2.46 bits per heavy atom. The van der Waals surface area contributed by atoms with Crippen LogP contribution in [0.3, 0.4) is 0 Å². The van der Waals surface area contributed by atoms with Crippen molar-refractivity contribution in [3.05, 3.63) is 61.7 Å². The van der Waals surface area contributed by atoms with Crippen molar-refractivity contribution in [2.24, 2.45) is 5.92 Å². The van der Waals surface area contributed by atoms with Gasteiger partial charge in [-0.05, 0) is 24.5 Å². The van der Waals surface area contributed by atoms with Crippen LogP contribution in [0.25, 0.3) is 0 Å². The predicted octanol–water partition coefficient (Wildman–Crippen LogP) is 2.06. The van der Waals surface area contributed by atoms with Gasteiger partial charge in [0.05, 0.1) is 42.5 Å². The summed E-state index contributed by atoms with van der Waals surface area (Å²) in [6.07, 6.45) is -9.33. The van der Waals surface area contributed by atoms with Crippen LogP contribution in [0, 0.1) is 27.9 Å². The summed E-state index contributed by atoms with van der Waals surface area (Å²) < 4.78 is 95.7. The van der Waals surface area contributed by atoms with Gasteiger partial charge in [-0.2, -0.15) is 26.8 Å². The van der Waals surface area contributed by atoms with Gasteiger partial charge in [0.15, 0.2) is 0 Å². The topological polar surface area (TPSA) is 332 Å². The molecule has 3 rings (SSSR count). The molecule has 300 valence electrons. The fourth-order valence-corrected chi connectivity index (χ4v) is 7.70. The highest BCUT2D eigenvalue weighted by Gasteiger charge is 2.43. The lowest BCUT2D eigenvalue weighted by Gasteiger charge is -2.22. The first kappa shape index (κ1) is 44.8. The Morgan fingerprint density at radius 2 is 1.87 bits per heavy atom. The summed E-state index contributed by atoms with van der Waals surface area (Å²) in [7, 11) is -17.0. The maximum Gasteiger partial charge on any atom is 0.490 e. The summed E-state index contributed by atoms with van der Waals surface area (Å²) in [6, 6.07) is 3.77. The minimum absolute atomic E-state index is 0.0506. The van der Waals surface area contributed by atoms with Crippen molar-refractivity contribution < 1.29 is 83.9 Å². The first-order chi connectivity index (χ1) is 24.8. The summed E-state index contributed by atoms with van der Waals surface area (Å²) in [6.45, 7) is 1.52. The predicted molar refractivity (Wildman–Crippen MR) is 173 cm³/mol. The number of benzene rings is 1. The maximum absolute atomic E-state index is 12.7. The number of hydrogen-bond donors (Lipinski definition) is 7. The van der Waals surface area contributed by atoms with Gasteiger partial charge in [-0.25, -0.2) is 18.5 Å². The van der Waals surface area contributed by atoms with Gasteiger partial charge in [-0.15, -0.1) is 0 Å². The highest BCUT2D eigenvalue weighted by atomic mass is 31.3. The Labute approximate surface area is 302 Å². The van der Waals surface area contributed by atoms with E-state index in [2.05, 4.69) is 30.0 Å². The average Bonchev–Trinajstić information content (AvgIpc) is 3.38. The zero-order valence-electron chi connectivity index (χ0n) is 27.8. The molecule has 2 unspecified atom stereocenters. The van der Waals surface area contributed by atoms with E-state index in [1.807, 2.05) is 0 Å². The van der Waals surface area contributed by atoms with Crippen LogP contribution in [-0.4, -0.2) is 76.6 Å². The van der Waals surface area contributed by atoms with Gasteiger partial charge in [-0.3, -0.25) is 24.0 Å². The van der Waals surface area contributed by atoms with Gasteiger partial charge in [0.25, 0.3) is 5.69 Å². The minimum atomic E-state index is -5.81. The third kappa shape index (κ3) is 13.6. The van der Waals surface area contributed by atoms with Gasteiger partial charge in [0.1, 0.15) is 18.1 Å². The molecular formula is C26H33F3N5O17P3. The molecule has 54 heavy (non-hydrogen) atoms. The number of aliphatic hydroxyl groups is 1. The molecule has 1 amide bonds. The number of carbonyl (C=O) groups excluding carboxylic acids is 1. The Bertz CT molecular complexity index is 1980. The molecule has 1 aliphatic rings. The van der Waals surface area contributed by atoms with Crippen LogP contribution in [0.2, 0.25) is 0 Å². The number of nitrogens with one attached hydrogen (secondary N) is 1. The number of aliphatic hydroxyl groups excluding tert-OH is 1. The number of carbonyl (C=O) groups is 1. The number of rotatable bonds is 16. The average molecular weight is 837 g/mol. The quantitative estimate of drug-likeness (QED) is 0.0550. The first-order valence-electron chi connectivity index (χ1n) is 15.0. The summed E-state index contributed by atoms with van der Waals surface area (Å²) in [4.78, 5) is 75.0. The summed E-state index contributed by atoms with van der Waals surface area (Å²) in [5, 5.41) is 24.0. The van der Waals surface area contributed by atoms with E-state index in [1.54, 1.807) is 19.2 Å². The fraction of sp³-hybridized carbons (Fsp3) is 0.500. The zero-order valence-corrected chi connectivity index (χ0v) is 30.4. The van der Waals surface area contributed by atoms with Crippen LogP contribution in [0.15, 0.2) is 29.2 Å². The van der Waals surface area contributed by atoms with Gasteiger partial charge >= 0.3 is 41.2 Å². The van der Waals surface area contributed by atoms with E-state index < -0.39 is 96.2 Å². The number of aromatic nitrogens is 2. The molecule has 0 aliphatic carbocycles. The SMILES string of the molecule is CC(C)C[C@@H](OCc1cn([C@H]2C[C@@H](O)[C@@H](COP(=O)(O)OP(=O)(O)OP(=O)(O)O)O2)c(=O)nc1N)c1ccc(C#CCNC(=O)C(F)(F)F)cc1[N+](=O)[O-]. The number of anilines is 1. The molecule has 2 aromatic rings. The summed E-state index contributed by atoms with van der Waals surface area (Å²) >= 11 is 0. The molecule has 2 heterocycles. The molecule has 22 nitrogen and oxygen atoms in total. The Morgan fingerprint density at radius 1 is 1.20 bits per heavy atom. The molecule has 8 N–H and O–H groups in total. The molecule has 28 heteroatoms. The van der Waals surface area contributed by atoms with Crippen molar-refractivity contribution in [1.82, 2.24) is 14.9 Å². The standard InChI is InChI=1S/C26H33F3N5O17P3/c1-14(2)8-20(17-6-5-15(9-18(17)34(38)39)4-3-7-31-24(36)26(27,28)29)47-12-16-11-33(25(37)32-23(16)30)22-10-19(35)21(49-22)13-48-53(43,44)51-54(45,46)50-52(40,41)42/h5-6,9,11,14,19-22,35H,7-8,10,12-13H2,1-2H3,(H,31,36)(H,43,44)(H,45,46)(H2,30,32,37)(H2,40,41,42)/t19-,20-,21-,22-/m1/s1. The fourth-order valence-electron chi connectivity index (χ4n) is 4.67. The van der Waals surface area contributed by atoms with Crippen molar-refractivity contribution in [1.29, 1.82) is 0 Å². The number of ether oxygens (including phenoxy) is 2. The number of alkyl halides is 3. The van der Waals surface area contributed by atoms with Crippen LogP contribution in [0.4, 0.5) is 24.7 Å². The van der Waals surface area contributed by atoms with Crippen molar-refractivity contribution in [3.63, 3.8) is 0 Å². The van der Waals surface area contributed by atoms with E-state index in [-0.39, 0.29) is 41.3 Å². The number of amides is 1. The molecular weight excluding hydrogens is 804 g/mol. The van der Waals surface area contributed by atoms with Gasteiger partial charge < -0.3 is 45.2 Å². The van der Waals surface area contributed by atoms with Gasteiger partial charge in [-0.1, -0.05) is 25.7 Å². The lowest BCUT2D eigenvalue weighted by molar-refractivity contribution is -0.386. The largest absolute Gasteiger partial charge is 0.490 e. The van der Waals surface area contributed by atoms with E-state index in [9.17, 15) is 61.5 Å². The molecule has 1 aromatic carbocycles. The van der Waals surface area contributed by atoms with Crippen LogP contribution in [-0.2, 0) is 47.7 Å². The molecule has 0 radical (unpaired) electrons. The smallest absolute Gasteiger partial charge is 0.390 e. The summed E-state index contributed by atoms with van der Waals surface area (Å²) in [5.41, 5.74) is 4.74. The van der Waals surface area contributed by atoms with E-state index >= 15 is 0 Å². The molecule has 0 saturated carbocycles. The highest BCUT2D eigenvalue weighted by molar-refractivity contribution is 7.66. The molecule has 1 fully saturated rings. The van der Waals surface area contributed by atoms with Crippen LogP contribution in [0.1, 0.15) is 55.7 Å². The molecule has 1 aliphatic heterocycles. The zero-order chi connectivity index (χ0) is 40.8. The second kappa shape index (κ2) is 17.9. The molecule has 6 atom stereocenters. The third-order valence-corrected chi connectivity index (χ3v) is 10.7. The van der Waals surface area contributed by atoms with E-state index in [0.717, 1.165) is 16.8 Å². The molecule has 0 spiro atoms. The number of nitrogens with zero attached hydrogens (tertiary/aromatic N) is 3. The van der Waals surface area contributed by atoms with Crippen LogP contribution in [0.5, 0.6) is 0 Å². The lowest BCUT2D eigenvalue weighted by atomic mass is 9.96. The molecule has 1 saturated heterocycles. The third-order valence-electron chi connectivity index (χ3n) is 6.92. The van der Waals surface area contributed by atoms with E-state index in [0.29, 0.717) is 0 Å². The number of hydrogen-bond acceptors (Lipinski definition) is 15. The number of nitro groups is 1. The van der Waals surface area contributed by atoms with E-state index in [1.165, 1.54) is 12.1 Å². The second-order valence-corrected chi connectivity index (χ2v) is 16.0. The Hall–Kier alpha value is -3.59. The molecule has 1 aromatic heterocycles. The number of nitro benzene ring substituents is 1. The lowest BCUT2D eigenvalue weighted by Crippen LogP contribution is -2.36. The highest BCUT2D eigenvalue weighted by Crippen LogP contribution is 2.66. The summed E-state index contributed by atoms with van der Waals surface area (Å²) in [5.74, 6) is 2.11. The normalized spacial score (nSPS) is 20.4. The monoisotopic (exact) mass is 837 g/mol. The van der Waals surface area contributed by atoms with Crippen molar-refractivity contribution in [2.75, 3.05) is 18.9 Å². The van der Waals surface area contributed by atoms with Crippen molar-refractivity contribution >= 4 is 40.9 Å². The minimum Gasteiger partial charge on any atom is -0.390 e. The van der Waals surface area contributed by atoms with Crippen LogP contribution < -0.4 is 16.7 Å². The van der Waals surface area contributed by atoms with Gasteiger partial charge in [0, 0.05) is 29.8 Å². The number of nitrogens with two attached hydrogens (primary N) is 1. The molecule has 0 bridgehead atoms. The Kier molecular flexibility index (Phi) is 14.9.